The van der Waals surface area contributed by atoms with Crippen LogP contribution in [0.2, 0.25) is 5.02 Å². The topological polar surface area (TPSA) is 73.1 Å². The Kier molecular flexibility index (Phi) is 3.88. The summed E-state index contributed by atoms with van der Waals surface area (Å²) in [6, 6.07) is 6.89. The summed E-state index contributed by atoms with van der Waals surface area (Å²) < 4.78 is 5.73. The summed E-state index contributed by atoms with van der Waals surface area (Å²) in [7, 11) is 1.55. The number of aromatic nitrogens is 2. The average molecular weight is 330 g/mol. The molecule has 0 aliphatic carbocycles. The van der Waals surface area contributed by atoms with Gasteiger partial charge in [-0.25, -0.2) is 4.98 Å². The molecule has 0 saturated carbocycles. The second-order valence-corrected chi connectivity index (χ2v) is 4.63. The highest BCUT2D eigenvalue weighted by Crippen LogP contribution is 2.28. The molecule has 0 bridgehead atoms. The zero-order chi connectivity index (χ0) is 13.1. The predicted octanol–water partition coefficient (Wildman–Crippen LogP) is 3.23. The van der Waals surface area contributed by atoms with Crippen LogP contribution in [-0.2, 0) is 0 Å². The fourth-order valence-electron chi connectivity index (χ4n) is 1.36. The number of halogens is 2. The van der Waals surface area contributed by atoms with E-state index in [1.54, 1.807) is 31.4 Å². The number of nitrogens with zero attached hydrogens (tertiary/aromatic N) is 2. The molecule has 0 spiro atoms. The standard InChI is InChI=1S/C11H10BrClN4O/c1-18-8-4-6(2-3-7(8)13)15-11-16-9(12)5-10(14)17-11/h2-5H,1H3,(H3,14,15,16,17). The van der Waals surface area contributed by atoms with E-state index in [-0.39, 0.29) is 0 Å². The van der Waals surface area contributed by atoms with Crippen molar-refractivity contribution in [1.82, 2.24) is 9.97 Å². The molecule has 0 aliphatic rings. The number of ether oxygens (including phenoxy) is 1. The molecule has 0 unspecified atom stereocenters. The van der Waals surface area contributed by atoms with Gasteiger partial charge in [-0.3, -0.25) is 0 Å². The zero-order valence-corrected chi connectivity index (χ0v) is 11.8. The van der Waals surface area contributed by atoms with Crippen molar-refractivity contribution in [3.8, 4) is 5.75 Å². The fourth-order valence-corrected chi connectivity index (χ4v) is 1.95. The van der Waals surface area contributed by atoms with Crippen LogP contribution in [0.4, 0.5) is 17.5 Å². The van der Waals surface area contributed by atoms with E-state index >= 15 is 0 Å². The second-order valence-electron chi connectivity index (χ2n) is 3.41. The van der Waals surface area contributed by atoms with E-state index in [0.717, 1.165) is 5.69 Å². The van der Waals surface area contributed by atoms with Crippen LogP contribution >= 0.6 is 27.5 Å². The number of nitrogens with one attached hydrogen (secondary N) is 1. The molecule has 0 aliphatic heterocycles. The van der Waals surface area contributed by atoms with E-state index in [0.29, 0.717) is 27.1 Å². The zero-order valence-electron chi connectivity index (χ0n) is 9.45. The number of nitrogen functional groups attached to an aromatic ring is 1. The van der Waals surface area contributed by atoms with Crippen molar-refractivity contribution >= 4 is 45.0 Å². The summed E-state index contributed by atoms with van der Waals surface area (Å²) in [6.07, 6.45) is 0. The molecule has 0 radical (unpaired) electrons. The van der Waals surface area contributed by atoms with Crippen molar-refractivity contribution < 1.29 is 4.74 Å². The van der Waals surface area contributed by atoms with Gasteiger partial charge in [0.05, 0.1) is 12.1 Å². The first-order chi connectivity index (χ1) is 8.58. The number of benzene rings is 1. The Morgan fingerprint density at radius 2 is 2.11 bits per heavy atom. The normalized spacial score (nSPS) is 10.2. The summed E-state index contributed by atoms with van der Waals surface area (Å²) in [5.74, 6) is 1.34. The summed E-state index contributed by atoms with van der Waals surface area (Å²) in [4.78, 5) is 8.21. The summed E-state index contributed by atoms with van der Waals surface area (Å²) in [5.41, 5.74) is 6.38. The highest BCUT2D eigenvalue weighted by molar-refractivity contribution is 9.10. The Hall–Kier alpha value is -1.53. The van der Waals surface area contributed by atoms with Crippen molar-refractivity contribution in [2.75, 3.05) is 18.2 Å². The number of hydrogen-bond donors (Lipinski definition) is 2. The lowest BCUT2D eigenvalue weighted by Gasteiger charge is -2.08. The van der Waals surface area contributed by atoms with Crippen LogP contribution in [0, 0.1) is 0 Å². The SMILES string of the molecule is COc1cc(Nc2nc(N)cc(Br)n2)ccc1Cl. The lowest BCUT2D eigenvalue weighted by Crippen LogP contribution is -2.00. The van der Waals surface area contributed by atoms with E-state index in [1.165, 1.54) is 0 Å². The van der Waals surface area contributed by atoms with Gasteiger partial charge in [0, 0.05) is 17.8 Å². The van der Waals surface area contributed by atoms with Gasteiger partial charge in [-0.1, -0.05) is 11.6 Å². The lowest BCUT2D eigenvalue weighted by atomic mass is 10.3. The van der Waals surface area contributed by atoms with Gasteiger partial charge in [0.2, 0.25) is 5.95 Å². The first-order valence-corrected chi connectivity index (χ1v) is 6.16. The maximum atomic E-state index is 5.94. The van der Waals surface area contributed by atoms with Crippen molar-refractivity contribution in [2.45, 2.75) is 0 Å². The molecule has 1 aromatic carbocycles. The highest BCUT2D eigenvalue weighted by atomic mass is 79.9. The minimum Gasteiger partial charge on any atom is -0.495 e. The van der Waals surface area contributed by atoms with Crippen LogP contribution in [0.15, 0.2) is 28.9 Å². The van der Waals surface area contributed by atoms with Crippen LogP contribution in [0.3, 0.4) is 0 Å². The van der Waals surface area contributed by atoms with Crippen LogP contribution in [-0.4, -0.2) is 17.1 Å². The maximum absolute atomic E-state index is 5.94. The number of anilines is 3. The molecule has 0 saturated heterocycles. The molecule has 3 N–H and O–H groups in total. The van der Waals surface area contributed by atoms with Crippen molar-refractivity contribution in [2.24, 2.45) is 0 Å². The Labute approximate surface area is 117 Å². The number of methoxy groups -OCH3 is 1. The van der Waals surface area contributed by atoms with Gasteiger partial charge in [-0.05, 0) is 28.1 Å². The molecule has 94 valence electrons. The Balaban J connectivity index is 2.28. The van der Waals surface area contributed by atoms with Crippen molar-refractivity contribution in [3.63, 3.8) is 0 Å². The van der Waals surface area contributed by atoms with Gasteiger partial charge in [-0.15, -0.1) is 0 Å². The van der Waals surface area contributed by atoms with Crippen LogP contribution in [0.25, 0.3) is 0 Å². The summed E-state index contributed by atoms with van der Waals surface area (Å²) >= 11 is 9.19. The minimum atomic E-state index is 0.375. The van der Waals surface area contributed by atoms with Gasteiger partial charge in [0.1, 0.15) is 16.2 Å². The molecule has 2 rings (SSSR count). The van der Waals surface area contributed by atoms with Crippen molar-refractivity contribution in [3.05, 3.63) is 33.9 Å². The molecule has 2 aromatic rings. The molecular weight excluding hydrogens is 320 g/mol. The smallest absolute Gasteiger partial charge is 0.230 e. The van der Waals surface area contributed by atoms with Crippen LogP contribution < -0.4 is 15.8 Å². The third-order valence-corrected chi connectivity index (χ3v) is 2.84. The average Bonchev–Trinajstić information content (AvgIpc) is 2.30. The molecule has 0 atom stereocenters. The quantitative estimate of drug-likeness (QED) is 0.846. The van der Waals surface area contributed by atoms with Gasteiger partial charge >= 0.3 is 0 Å². The summed E-state index contributed by atoms with van der Waals surface area (Å²) in [5, 5.41) is 3.56. The van der Waals surface area contributed by atoms with E-state index in [9.17, 15) is 0 Å². The van der Waals surface area contributed by atoms with E-state index in [2.05, 4.69) is 31.2 Å². The van der Waals surface area contributed by atoms with Gasteiger partial charge in [0.15, 0.2) is 0 Å². The molecule has 1 heterocycles. The Bertz CT molecular complexity index is 559. The van der Waals surface area contributed by atoms with Crippen LogP contribution in [0.5, 0.6) is 5.75 Å². The number of rotatable bonds is 3. The van der Waals surface area contributed by atoms with Crippen molar-refractivity contribution in [1.29, 1.82) is 0 Å². The van der Waals surface area contributed by atoms with Gasteiger partial charge in [0.25, 0.3) is 0 Å². The molecule has 0 amide bonds. The third-order valence-electron chi connectivity index (χ3n) is 2.12. The van der Waals surface area contributed by atoms with E-state index in [4.69, 9.17) is 22.1 Å². The molecule has 7 heteroatoms. The van der Waals surface area contributed by atoms with E-state index < -0.39 is 0 Å². The molecule has 1 aromatic heterocycles. The molecular formula is C11H10BrClN4O. The molecule has 18 heavy (non-hydrogen) atoms. The predicted molar refractivity (Wildman–Crippen MR) is 75.4 cm³/mol. The Morgan fingerprint density at radius 3 is 2.78 bits per heavy atom. The minimum absolute atomic E-state index is 0.375. The lowest BCUT2D eigenvalue weighted by molar-refractivity contribution is 0.415. The van der Waals surface area contributed by atoms with Gasteiger partial charge < -0.3 is 15.8 Å². The number of nitrogens with two attached hydrogens (primary N) is 1. The monoisotopic (exact) mass is 328 g/mol. The third kappa shape index (κ3) is 3.02. The van der Waals surface area contributed by atoms with Crippen LogP contribution in [0.1, 0.15) is 0 Å². The van der Waals surface area contributed by atoms with E-state index in [1.807, 2.05) is 0 Å². The second kappa shape index (κ2) is 5.41. The highest BCUT2D eigenvalue weighted by Gasteiger charge is 2.05. The van der Waals surface area contributed by atoms with Gasteiger partial charge in [-0.2, -0.15) is 4.98 Å². The first-order valence-electron chi connectivity index (χ1n) is 4.99. The molecule has 5 nitrogen and oxygen atoms in total. The maximum Gasteiger partial charge on any atom is 0.230 e. The fraction of sp³-hybridized carbons (Fsp3) is 0.0909. The number of hydrogen-bond acceptors (Lipinski definition) is 5. The first kappa shape index (κ1) is 12.9. The largest absolute Gasteiger partial charge is 0.495 e. The molecule has 0 fully saturated rings. The Morgan fingerprint density at radius 1 is 1.33 bits per heavy atom. The summed E-state index contributed by atoms with van der Waals surface area (Å²) in [6.45, 7) is 0.